The normalized spacial score (nSPS) is 19.8. The van der Waals surface area contributed by atoms with Crippen LogP contribution in [0.3, 0.4) is 0 Å². The lowest BCUT2D eigenvalue weighted by atomic mass is 10.0. The molecule has 1 atom stereocenters. The molecular weight excluding hydrogens is 256 g/mol. The summed E-state index contributed by atoms with van der Waals surface area (Å²) in [5.74, 6) is 0.588. The van der Waals surface area contributed by atoms with Crippen LogP contribution in [0.1, 0.15) is 35.2 Å². The molecule has 1 aliphatic rings. The molecule has 0 saturated carbocycles. The molecule has 0 radical (unpaired) electrons. The maximum Gasteiger partial charge on any atom is 0.0976 e. The predicted molar refractivity (Wildman–Crippen MR) is 78.6 cm³/mol. The van der Waals surface area contributed by atoms with Crippen molar-refractivity contribution >= 4 is 11.3 Å². The lowest BCUT2D eigenvalue weighted by Crippen LogP contribution is -2.28. The highest BCUT2D eigenvalue weighted by atomic mass is 32.1. The van der Waals surface area contributed by atoms with Gasteiger partial charge in [-0.2, -0.15) is 5.10 Å². The van der Waals surface area contributed by atoms with Gasteiger partial charge in [0.15, 0.2) is 0 Å². The predicted octanol–water partition coefficient (Wildman–Crippen LogP) is 2.63. The number of aryl methyl sites for hydroxylation is 2. The van der Waals surface area contributed by atoms with E-state index in [0.29, 0.717) is 5.92 Å². The topological polar surface area (TPSA) is 42.7 Å². The van der Waals surface area contributed by atoms with E-state index in [1.807, 2.05) is 11.7 Å². The quantitative estimate of drug-likeness (QED) is 0.917. The van der Waals surface area contributed by atoms with Crippen molar-refractivity contribution in [1.82, 2.24) is 20.1 Å². The Balaban J connectivity index is 1.92. The first-order chi connectivity index (χ1) is 9.16. The number of nitrogens with one attached hydrogen (secondary N) is 1. The average molecular weight is 276 g/mol. The van der Waals surface area contributed by atoms with E-state index >= 15 is 0 Å². The highest BCUT2D eigenvalue weighted by Gasteiger charge is 2.20. The molecule has 0 aliphatic carbocycles. The van der Waals surface area contributed by atoms with Gasteiger partial charge in [0.2, 0.25) is 0 Å². The monoisotopic (exact) mass is 276 g/mol. The van der Waals surface area contributed by atoms with Crippen LogP contribution >= 0.6 is 11.3 Å². The van der Waals surface area contributed by atoms with Gasteiger partial charge in [-0.3, -0.25) is 4.68 Å². The van der Waals surface area contributed by atoms with Crippen LogP contribution in [0.15, 0.2) is 5.38 Å². The molecule has 3 heterocycles. The molecule has 1 unspecified atom stereocenters. The third kappa shape index (κ3) is 2.32. The molecule has 5 heteroatoms. The zero-order valence-electron chi connectivity index (χ0n) is 11.7. The smallest absolute Gasteiger partial charge is 0.0976 e. The van der Waals surface area contributed by atoms with Gasteiger partial charge >= 0.3 is 0 Å². The summed E-state index contributed by atoms with van der Waals surface area (Å²) in [6, 6.07) is 0. The van der Waals surface area contributed by atoms with Gasteiger partial charge in [-0.1, -0.05) is 0 Å². The molecule has 102 valence electrons. The summed E-state index contributed by atoms with van der Waals surface area (Å²) in [5, 5.41) is 11.4. The zero-order chi connectivity index (χ0) is 13.4. The van der Waals surface area contributed by atoms with E-state index in [1.165, 1.54) is 29.1 Å². The van der Waals surface area contributed by atoms with Crippen molar-refractivity contribution in [2.45, 2.75) is 32.6 Å². The zero-order valence-corrected chi connectivity index (χ0v) is 12.5. The number of thiazole rings is 1. The Labute approximate surface area is 117 Å². The van der Waals surface area contributed by atoms with Crippen molar-refractivity contribution in [2.75, 3.05) is 13.1 Å². The van der Waals surface area contributed by atoms with Crippen molar-refractivity contribution in [3.8, 4) is 11.3 Å². The van der Waals surface area contributed by atoms with E-state index in [4.69, 9.17) is 4.98 Å². The Morgan fingerprint density at radius 3 is 2.89 bits per heavy atom. The first-order valence-corrected chi connectivity index (χ1v) is 7.71. The molecule has 0 aromatic carbocycles. The third-order valence-corrected chi connectivity index (χ3v) is 4.94. The van der Waals surface area contributed by atoms with E-state index in [2.05, 4.69) is 29.6 Å². The summed E-state index contributed by atoms with van der Waals surface area (Å²) in [5.41, 5.74) is 4.55. The fraction of sp³-hybridized carbons (Fsp3) is 0.571. The Bertz CT molecular complexity index is 578. The number of hydrogen-bond acceptors (Lipinski definition) is 4. The minimum Gasteiger partial charge on any atom is -0.316 e. The molecule has 4 nitrogen and oxygen atoms in total. The van der Waals surface area contributed by atoms with Crippen molar-refractivity contribution in [3.05, 3.63) is 21.8 Å². The number of hydrogen-bond donors (Lipinski definition) is 1. The number of aromatic nitrogens is 3. The lowest BCUT2D eigenvalue weighted by Gasteiger charge is -2.20. The van der Waals surface area contributed by atoms with Gasteiger partial charge in [0, 0.05) is 36.1 Å². The van der Waals surface area contributed by atoms with Gasteiger partial charge < -0.3 is 5.32 Å². The first kappa shape index (κ1) is 12.8. The van der Waals surface area contributed by atoms with Crippen LogP contribution in [0.4, 0.5) is 0 Å². The Kier molecular flexibility index (Phi) is 3.41. The van der Waals surface area contributed by atoms with E-state index in [-0.39, 0.29) is 0 Å². The van der Waals surface area contributed by atoms with Crippen LogP contribution in [0.2, 0.25) is 0 Å². The Morgan fingerprint density at radius 2 is 2.26 bits per heavy atom. The molecule has 1 aliphatic heterocycles. The van der Waals surface area contributed by atoms with E-state index in [0.717, 1.165) is 24.5 Å². The molecule has 2 aromatic rings. The Hall–Kier alpha value is -1.20. The van der Waals surface area contributed by atoms with E-state index in [9.17, 15) is 0 Å². The summed E-state index contributed by atoms with van der Waals surface area (Å²) >= 11 is 1.79. The van der Waals surface area contributed by atoms with Crippen LogP contribution in [0.25, 0.3) is 11.3 Å². The van der Waals surface area contributed by atoms with Crippen LogP contribution in [-0.4, -0.2) is 27.9 Å². The van der Waals surface area contributed by atoms with Gasteiger partial charge in [0.1, 0.15) is 0 Å². The second-order valence-electron chi connectivity index (χ2n) is 5.28. The SMILES string of the molecule is Cc1nn(C)c(C)c1-c1csc(C2CCCNC2)n1. The maximum absolute atomic E-state index is 4.86. The molecule has 3 rings (SSSR count). The van der Waals surface area contributed by atoms with Crippen molar-refractivity contribution in [3.63, 3.8) is 0 Å². The van der Waals surface area contributed by atoms with Gasteiger partial charge in [0.05, 0.1) is 16.4 Å². The maximum atomic E-state index is 4.86. The third-order valence-electron chi connectivity index (χ3n) is 3.93. The standard InChI is InChI=1S/C14H20N4S/c1-9-13(10(2)18(3)17-9)12-8-19-14(16-12)11-5-4-6-15-7-11/h8,11,15H,4-7H2,1-3H3. The summed E-state index contributed by atoms with van der Waals surface area (Å²) in [6.07, 6.45) is 2.51. The van der Waals surface area contributed by atoms with Crippen LogP contribution < -0.4 is 5.32 Å². The molecular formula is C14H20N4S. The number of piperidine rings is 1. The molecule has 19 heavy (non-hydrogen) atoms. The first-order valence-electron chi connectivity index (χ1n) is 6.83. The average Bonchev–Trinajstić information content (AvgIpc) is 2.97. The number of rotatable bonds is 2. The Morgan fingerprint density at radius 1 is 1.42 bits per heavy atom. The summed E-state index contributed by atoms with van der Waals surface area (Å²) in [6.45, 7) is 6.38. The fourth-order valence-electron chi connectivity index (χ4n) is 2.80. The minimum absolute atomic E-state index is 0.588. The highest BCUT2D eigenvalue weighted by Crippen LogP contribution is 2.32. The second-order valence-corrected chi connectivity index (χ2v) is 6.17. The molecule has 0 amide bonds. The van der Waals surface area contributed by atoms with Crippen LogP contribution in [0.5, 0.6) is 0 Å². The molecule has 0 spiro atoms. The van der Waals surface area contributed by atoms with E-state index < -0.39 is 0 Å². The molecule has 1 fully saturated rings. The van der Waals surface area contributed by atoms with Crippen LogP contribution in [-0.2, 0) is 7.05 Å². The van der Waals surface area contributed by atoms with E-state index in [1.54, 1.807) is 11.3 Å². The van der Waals surface area contributed by atoms with Crippen molar-refractivity contribution in [1.29, 1.82) is 0 Å². The summed E-state index contributed by atoms with van der Waals surface area (Å²) in [4.78, 5) is 4.86. The van der Waals surface area contributed by atoms with Crippen molar-refractivity contribution < 1.29 is 0 Å². The molecule has 1 N–H and O–H groups in total. The van der Waals surface area contributed by atoms with Crippen molar-refractivity contribution in [2.24, 2.45) is 7.05 Å². The van der Waals surface area contributed by atoms with Gasteiger partial charge in [0.25, 0.3) is 0 Å². The summed E-state index contributed by atoms with van der Waals surface area (Å²) < 4.78 is 1.94. The van der Waals surface area contributed by atoms with Gasteiger partial charge in [-0.25, -0.2) is 4.98 Å². The molecule has 0 bridgehead atoms. The highest BCUT2D eigenvalue weighted by molar-refractivity contribution is 7.10. The van der Waals surface area contributed by atoms with Crippen LogP contribution in [0, 0.1) is 13.8 Å². The lowest BCUT2D eigenvalue weighted by molar-refractivity contribution is 0.460. The van der Waals surface area contributed by atoms with Gasteiger partial charge in [-0.05, 0) is 33.2 Å². The largest absolute Gasteiger partial charge is 0.316 e. The number of nitrogens with zero attached hydrogens (tertiary/aromatic N) is 3. The summed E-state index contributed by atoms with van der Waals surface area (Å²) in [7, 11) is 1.99. The molecule has 1 saturated heterocycles. The minimum atomic E-state index is 0.588. The second kappa shape index (κ2) is 5.06. The van der Waals surface area contributed by atoms with Gasteiger partial charge in [-0.15, -0.1) is 11.3 Å². The molecule has 2 aromatic heterocycles. The fourth-order valence-corrected chi connectivity index (χ4v) is 3.74.